The summed E-state index contributed by atoms with van der Waals surface area (Å²) in [6.45, 7) is 9.92. The van der Waals surface area contributed by atoms with E-state index < -0.39 is 0 Å². The van der Waals surface area contributed by atoms with E-state index in [2.05, 4.69) is 27.5 Å². The number of thiazole rings is 1. The third kappa shape index (κ3) is 7.61. The highest BCUT2D eigenvalue weighted by Crippen LogP contribution is 2.18. The molecular weight excluding hydrogens is 478 g/mol. The zero-order chi connectivity index (χ0) is 18.9. The van der Waals surface area contributed by atoms with Gasteiger partial charge in [0, 0.05) is 11.4 Å². The van der Waals surface area contributed by atoms with Crippen LogP contribution in [0.5, 0.6) is 5.75 Å². The number of aliphatic imine (C=N–C) groups is 1. The fraction of sp³-hybridized carbons (Fsp3) is 0.474. The maximum absolute atomic E-state index is 13.8. The topological polar surface area (TPSA) is 58.5 Å². The molecule has 5 nitrogen and oxygen atoms in total. The molecule has 2 rings (SSSR count). The van der Waals surface area contributed by atoms with Crippen LogP contribution in [0, 0.1) is 19.7 Å². The molecule has 0 aliphatic carbocycles. The van der Waals surface area contributed by atoms with Gasteiger partial charge in [-0.25, -0.2) is 14.4 Å². The third-order valence-electron chi connectivity index (χ3n) is 3.87. The summed E-state index contributed by atoms with van der Waals surface area (Å²) in [7, 11) is 0. The Morgan fingerprint density at radius 1 is 1.26 bits per heavy atom. The monoisotopic (exact) mass is 506 g/mol. The van der Waals surface area contributed by atoms with Gasteiger partial charge < -0.3 is 15.4 Å². The van der Waals surface area contributed by atoms with Gasteiger partial charge in [-0.05, 0) is 39.3 Å². The molecule has 0 saturated carbocycles. The molecule has 0 saturated heterocycles. The standard InChI is InChI=1S/C19H27FN4OS.HI/c1-5-15(25-17-10-8-7-9-16(17)20)11-22-19(21-6-2)23-12-18-24-13(3)14(4)26-18;/h7-10,15H,5-6,11-12H2,1-4H3,(H2,21,22,23);1H. The first-order chi connectivity index (χ1) is 12.5. The molecule has 0 bridgehead atoms. The van der Waals surface area contributed by atoms with Gasteiger partial charge >= 0.3 is 0 Å². The quantitative estimate of drug-likeness (QED) is 0.316. The molecule has 0 amide bonds. The molecule has 0 aliphatic heterocycles. The summed E-state index contributed by atoms with van der Waals surface area (Å²) in [6.07, 6.45) is 0.603. The van der Waals surface area contributed by atoms with Gasteiger partial charge in [0.15, 0.2) is 17.5 Å². The van der Waals surface area contributed by atoms with Crippen LogP contribution in [0.2, 0.25) is 0 Å². The molecule has 1 heterocycles. The molecule has 1 unspecified atom stereocenters. The van der Waals surface area contributed by atoms with Gasteiger partial charge in [0.05, 0.1) is 18.8 Å². The third-order valence-corrected chi connectivity index (χ3v) is 4.93. The highest BCUT2D eigenvalue weighted by atomic mass is 127. The summed E-state index contributed by atoms with van der Waals surface area (Å²) in [4.78, 5) is 10.3. The molecule has 0 fully saturated rings. The van der Waals surface area contributed by atoms with E-state index in [0.29, 0.717) is 19.0 Å². The molecule has 1 aromatic heterocycles. The Bertz CT molecular complexity index is 719. The summed E-state index contributed by atoms with van der Waals surface area (Å²) in [5, 5.41) is 7.48. The van der Waals surface area contributed by atoms with Crippen LogP contribution < -0.4 is 15.4 Å². The molecule has 0 spiro atoms. The Morgan fingerprint density at radius 3 is 2.59 bits per heavy atom. The van der Waals surface area contributed by atoms with Crippen molar-refractivity contribution in [3.63, 3.8) is 0 Å². The highest BCUT2D eigenvalue weighted by molar-refractivity contribution is 14.0. The number of nitrogens with zero attached hydrogens (tertiary/aromatic N) is 2. The number of hydrogen-bond donors (Lipinski definition) is 2. The second-order valence-electron chi connectivity index (χ2n) is 5.90. The lowest BCUT2D eigenvalue weighted by Gasteiger charge is -2.20. The van der Waals surface area contributed by atoms with Gasteiger partial charge in [0.2, 0.25) is 0 Å². The van der Waals surface area contributed by atoms with Crippen LogP contribution in [0.1, 0.15) is 35.8 Å². The number of guanidine groups is 1. The predicted molar refractivity (Wildman–Crippen MR) is 121 cm³/mol. The van der Waals surface area contributed by atoms with Crippen molar-refractivity contribution >= 4 is 41.3 Å². The van der Waals surface area contributed by atoms with Crippen LogP contribution in [0.4, 0.5) is 4.39 Å². The molecular formula is C19H28FIN4OS. The van der Waals surface area contributed by atoms with Crippen molar-refractivity contribution in [2.75, 3.05) is 13.1 Å². The lowest BCUT2D eigenvalue weighted by atomic mass is 10.2. The molecule has 2 aromatic rings. The average Bonchev–Trinajstić information content (AvgIpc) is 2.95. The first-order valence-electron chi connectivity index (χ1n) is 8.89. The van der Waals surface area contributed by atoms with E-state index in [1.807, 2.05) is 20.8 Å². The first kappa shape index (κ1) is 23.6. The van der Waals surface area contributed by atoms with Crippen LogP contribution in [0.3, 0.4) is 0 Å². The van der Waals surface area contributed by atoms with Crippen molar-refractivity contribution in [1.82, 2.24) is 15.6 Å². The van der Waals surface area contributed by atoms with Gasteiger partial charge in [0.1, 0.15) is 11.1 Å². The maximum atomic E-state index is 13.8. The van der Waals surface area contributed by atoms with Crippen molar-refractivity contribution in [1.29, 1.82) is 0 Å². The number of benzene rings is 1. The van der Waals surface area contributed by atoms with Crippen molar-refractivity contribution in [3.8, 4) is 5.75 Å². The zero-order valence-electron chi connectivity index (χ0n) is 16.2. The van der Waals surface area contributed by atoms with E-state index in [-0.39, 0.29) is 41.6 Å². The van der Waals surface area contributed by atoms with Crippen molar-refractivity contribution in [3.05, 3.63) is 45.7 Å². The number of para-hydroxylation sites is 1. The van der Waals surface area contributed by atoms with Crippen LogP contribution in [0.25, 0.3) is 0 Å². The van der Waals surface area contributed by atoms with Crippen molar-refractivity contribution in [2.24, 2.45) is 4.99 Å². The smallest absolute Gasteiger partial charge is 0.191 e. The van der Waals surface area contributed by atoms with Gasteiger partial charge in [-0.3, -0.25) is 0 Å². The molecule has 0 radical (unpaired) electrons. The van der Waals surface area contributed by atoms with Crippen molar-refractivity contribution < 1.29 is 9.13 Å². The molecule has 150 valence electrons. The van der Waals surface area contributed by atoms with Crippen LogP contribution in [-0.4, -0.2) is 30.1 Å². The molecule has 8 heteroatoms. The van der Waals surface area contributed by atoms with Gasteiger partial charge in [-0.15, -0.1) is 35.3 Å². The Kier molecular flexibility index (Phi) is 10.6. The van der Waals surface area contributed by atoms with Crippen LogP contribution in [0.15, 0.2) is 29.3 Å². The van der Waals surface area contributed by atoms with Crippen LogP contribution >= 0.6 is 35.3 Å². The second kappa shape index (κ2) is 12.1. The van der Waals surface area contributed by atoms with Gasteiger partial charge in [-0.1, -0.05) is 19.1 Å². The summed E-state index contributed by atoms with van der Waals surface area (Å²) in [5.74, 6) is 0.631. The predicted octanol–water partition coefficient (Wildman–Crippen LogP) is 4.43. The fourth-order valence-electron chi connectivity index (χ4n) is 2.29. The Morgan fingerprint density at radius 2 is 2.00 bits per heavy atom. The molecule has 1 aromatic carbocycles. The summed E-state index contributed by atoms with van der Waals surface area (Å²) >= 11 is 1.67. The lowest BCUT2D eigenvalue weighted by molar-refractivity contribution is 0.191. The number of halogens is 2. The van der Waals surface area contributed by atoms with E-state index >= 15 is 0 Å². The number of rotatable bonds is 8. The highest BCUT2D eigenvalue weighted by Gasteiger charge is 2.12. The summed E-state index contributed by atoms with van der Waals surface area (Å²) in [5.41, 5.74) is 1.06. The summed E-state index contributed by atoms with van der Waals surface area (Å²) in [6, 6.07) is 6.46. The minimum Gasteiger partial charge on any atom is -0.486 e. The SMILES string of the molecule is CCNC(=NCc1nc(C)c(C)s1)NCC(CC)Oc1ccccc1F.I. The number of aromatic nitrogens is 1. The number of ether oxygens (including phenoxy) is 1. The Balaban J connectivity index is 0.00000364. The fourth-order valence-corrected chi connectivity index (χ4v) is 3.15. The normalized spacial score (nSPS) is 12.3. The minimum absolute atomic E-state index is 0. The largest absolute Gasteiger partial charge is 0.486 e. The summed E-state index contributed by atoms with van der Waals surface area (Å²) < 4.78 is 19.5. The van der Waals surface area contributed by atoms with E-state index in [4.69, 9.17) is 4.74 Å². The molecule has 27 heavy (non-hydrogen) atoms. The van der Waals surface area contributed by atoms with Crippen molar-refractivity contribution in [2.45, 2.75) is 46.8 Å². The zero-order valence-corrected chi connectivity index (χ0v) is 19.4. The minimum atomic E-state index is -0.346. The van der Waals surface area contributed by atoms with E-state index in [1.165, 1.54) is 10.9 Å². The number of nitrogens with one attached hydrogen (secondary N) is 2. The number of aryl methyl sites for hydroxylation is 2. The maximum Gasteiger partial charge on any atom is 0.191 e. The van der Waals surface area contributed by atoms with E-state index in [0.717, 1.165) is 23.7 Å². The van der Waals surface area contributed by atoms with E-state index in [1.54, 1.807) is 29.5 Å². The average molecular weight is 506 g/mol. The van der Waals surface area contributed by atoms with Crippen LogP contribution in [-0.2, 0) is 6.54 Å². The second-order valence-corrected chi connectivity index (χ2v) is 7.19. The Hall–Kier alpha value is -1.42. The number of hydrogen-bond acceptors (Lipinski definition) is 4. The molecule has 2 N–H and O–H groups in total. The Labute approximate surface area is 181 Å². The first-order valence-corrected chi connectivity index (χ1v) is 9.71. The van der Waals surface area contributed by atoms with Gasteiger partial charge in [-0.2, -0.15) is 0 Å². The lowest BCUT2D eigenvalue weighted by Crippen LogP contribution is -2.42. The van der Waals surface area contributed by atoms with Gasteiger partial charge in [0.25, 0.3) is 0 Å². The van der Waals surface area contributed by atoms with E-state index in [9.17, 15) is 4.39 Å². The molecule has 0 aliphatic rings. The molecule has 1 atom stereocenters.